The molecular weight excluding hydrogens is 317 g/mol. The molecule has 2 aromatic carbocycles. The molecular formula is C14H12BrClFN. The Morgan fingerprint density at radius 2 is 2.00 bits per heavy atom. The second-order valence-corrected chi connectivity index (χ2v) is 5.34. The Balaban J connectivity index is 2.13. The van der Waals surface area contributed by atoms with E-state index < -0.39 is 0 Å². The van der Waals surface area contributed by atoms with Crippen LogP contribution in [-0.4, -0.2) is 0 Å². The van der Waals surface area contributed by atoms with Crippen LogP contribution < -0.4 is 5.32 Å². The van der Waals surface area contributed by atoms with Crippen LogP contribution in [0.2, 0.25) is 5.02 Å². The van der Waals surface area contributed by atoms with Crippen LogP contribution in [0.15, 0.2) is 40.9 Å². The van der Waals surface area contributed by atoms with Gasteiger partial charge in [-0.25, -0.2) is 4.39 Å². The summed E-state index contributed by atoms with van der Waals surface area (Å²) in [6.45, 7) is 2.63. The topological polar surface area (TPSA) is 12.0 Å². The number of hydrogen-bond donors (Lipinski definition) is 1. The maximum atomic E-state index is 13.1. The highest BCUT2D eigenvalue weighted by Gasteiger charge is 2.03. The molecule has 0 aliphatic heterocycles. The molecule has 0 unspecified atom stereocenters. The molecule has 0 atom stereocenters. The second kappa shape index (κ2) is 5.72. The summed E-state index contributed by atoms with van der Waals surface area (Å²) in [7, 11) is 0. The first-order chi connectivity index (χ1) is 8.56. The molecule has 2 rings (SSSR count). The van der Waals surface area contributed by atoms with Crippen LogP contribution in [0.3, 0.4) is 0 Å². The smallest absolute Gasteiger partial charge is 0.125 e. The van der Waals surface area contributed by atoms with Crippen molar-refractivity contribution >= 4 is 33.2 Å². The minimum Gasteiger partial charge on any atom is -0.380 e. The van der Waals surface area contributed by atoms with Gasteiger partial charge in [0.2, 0.25) is 0 Å². The molecule has 18 heavy (non-hydrogen) atoms. The van der Waals surface area contributed by atoms with E-state index in [4.69, 9.17) is 11.6 Å². The van der Waals surface area contributed by atoms with Gasteiger partial charge in [0.1, 0.15) is 5.82 Å². The molecule has 0 saturated carbocycles. The number of halogens is 3. The van der Waals surface area contributed by atoms with Gasteiger partial charge in [0.05, 0.1) is 5.69 Å². The lowest BCUT2D eigenvalue weighted by atomic mass is 10.1. The normalized spacial score (nSPS) is 10.4. The molecule has 1 nitrogen and oxygen atoms in total. The third kappa shape index (κ3) is 3.24. The fraction of sp³-hybridized carbons (Fsp3) is 0.143. The largest absolute Gasteiger partial charge is 0.380 e. The van der Waals surface area contributed by atoms with Gasteiger partial charge in [-0.05, 0) is 64.3 Å². The second-order valence-electron chi connectivity index (χ2n) is 4.05. The van der Waals surface area contributed by atoms with Gasteiger partial charge in [-0.3, -0.25) is 0 Å². The summed E-state index contributed by atoms with van der Waals surface area (Å²) in [6, 6.07) is 10.3. The summed E-state index contributed by atoms with van der Waals surface area (Å²) in [5.74, 6) is -0.256. The van der Waals surface area contributed by atoms with E-state index in [-0.39, 0.29) is 5.82 Å². The minimum absolute atomic E-state index is 0.256. The van der Waals surface area contributed by atoms with Crippen LogP contribution in [-0.2, 0) is 6.54 Å². The van der Waals surface area contributed by atoms with E-state index in [0.717, 1.165) is 26.3 Å². The van der Waals surface area contributed by atoms with E-state index in [9.17, 15) is 4.39 Å². The van der Waals surface area contributed by atoms with Crippen molar-refractivity contribution in [2.24, 2.45) is 0 Å². The molecule has 4 heteroatoms. The van der Waals surface area contributed by atoms with E-state index in [2.05, 4.69) is 21.2 Å². The Bertz CT molecular complexity index is 572. The van der Waals surface area contributed by atoms with Gasteiger partial charge in [-0.1, -0.05) is 17.7 Å². The summed E-state index contributed by atoms with van der Waals surface area (Å²) >= 11 is 9.29. The van der Waals surface area contributed by atoms with Crippen LogP contribution in [0.25, 0.3) is 0 Å². The van der Waals surface area contributed by atoms with Crippen molar-refractivity contribution in [3.05, 3.63) is 62.8 Å². The zero-order chi connectivity index (χ0) is 13.1. The van der Waals surface area contributed by atoms with Crippen molar-refractivity contribution in [3.63, 3.8) is 0 Å². The van der Waals surface area contributed by atoms with E-state index in [1.807, 2.05) is 25.1 Å². The summed E-state index contributed by atoms with van der Waals surface area (Å²) in [5, 5.41) is 3.93. The number of hydrogen-bond acceptors (Lipinski definition) is 1. The fourth-order valence-corrected chi connectivity index (χ4v) is 2.29. The Labute approximate surface area is 119 Å². The molecule has 0 spiro atoms. The Morgan fingerprint density at radius 3 is 2.72 bits per heavy atom. The molecule has 1 N–H and O–H groups in total. The highest BCUT2D eigenvalue weighted by atomic mass is 79.9. The molecule has 0 bridgehead atoms. The number of nitrogens with one attached hydrogen (secondary N) is 1. The van der Waals surface area contributed by atoms with Crippen LogP contribution in [0.5, 0.6) is 0 Å². The highest BCUT2D eigenvalue weighted by molar-refractivity contribution is 9.10. The average molecular weight is 329 g/mol. The van der Waals surface area contributed by atoms with Crippen molar-refractivity contribution in [1.82, 2.24) is 0 Å². The summed E-state index contributed by atoms with van der Waals surface area (Å²) in [6.07, 6.45) is 0. The summed E-state index contributed by atoms with van der Waals surface area (Å²) in [4.78, 5) is 0. The van der Waals surface area contributed by atoms with Gasteiger partial charge in [0.25, 0.3) is 0 Å². The van der Waals surface area contributed by atoms with E-state index in [0.29, 0.717) is 6.54 Å². The predicted octanol–water partition coefficient (Wildman–Crippen LogP) is 5.16. The molecule has 0 amide bonds. The molecule has 0 radical (unpaired) electrons. The summed E-state index contributed by atoms with van der Waals surface area (Å²) in [5.41, 5.74) is 2.99. The third-order valence-corrected chi connectivity index (χ3v) is 3.63. The first-order valence-electron chi connectivity index (χ1n) is 5.50. The molecule has 2 aromatic rings. The van der Waals surface area contributed by atoms with Crippen molar-refractivity contribution < 1.29 is 4.39 Å². The molecule has 0 aliphatic rings. The van der Waals surface area contributed by atoms with E-state index in [1.54, 1.807) is 6.07 Å². The minimum atomic E-state index is -0.256. The quantitative estimate of drug-likeness (QED) is 0.820. The highest BCUT2D eigenvalue weighted by Crippen LogP contribution is 2.24. The lowest BCUT2D eigenvalue weighted by Crippen LogP contribution is -2.02. The Hall–Kier alpha value is -1.06. The lowest BCUT2D eigenvalue weighted by molar-refractivity contribution is 0.628. The zero-order valence-corrected chi connectivity index (χ0v) is 12.1. The Morgan fingerprint density at radius 1 is 1.22 bits per heavy atom. The summed E-state index contributed by atoms with van der Waals surface area (Å²) < 4.78 is 14.0. The monoisotopic (exact) mass is 327 g/mol. The SMILES string of the molecule is Cc1cc(Cl)ccc1CNc1cc(F)ccc1Br. The van der Waals surface area contributed by atoms with E-state index >= 15 is 0 Å². The van der Waals surface area contributed by atoms with Crippen LogP contribution >= 0.6 is 27.5 Å². The fourth-order valence-electron chi connectivity index (χ4n) is 1.68. The molecule has 0 fully saturated rings. The lowest BCUT2D eigenvalue weighted by Gasteiger charge is -2.11. The van der Waals surface area contributed by atoms with Crippen LogP contribution in [0.4, 0.5) is 10.1 Å². The van der Waals surface area contributed by atoms with Gasteiger partial charge in [-0.15, -0.1) is 0 Å². The number of rotatable bonds is 3. The van der Waals surface area contributed by atoms with Crippen molar-refractivity contribution in [3.8, 4) is 0 Å². The van der Waals surface area contributed by atoms with Crippen molar-refractivity contribution in [1.29, 1.82) is 0 Å². The third-order valence-electron chi connectivity index (χ3n) is 2.70. The van der Waals surface area contributed by atoms with Crippen LogP contribution in [0.1, 0.15) is 11.1 Å². The first-order valence-corrected chi connectivity index (χ1v) is 6.67. The standard InChI is InChI=1S/C14H12BrClFN/c1-9-6-11(16)3-2-10(9)8-18-14-7-12(17)4-5-13(14)15/h2-7,18H,8H2,1H3. The molecule has 0 aliphatic carbocycles. The van der Waals surface area contributed by atoms with Gasteiger partial charge in [0.15, 0.2) is 0 Å². The van der Waals surface area contributed by atoms with Gasteiger partial charge in [0, 0.05) is 16.0 Å². The van der Waals surface area contributed by atoms with E-state index in [1.165, 1.54) is 12.1 Å². The Kier molecular flexibility index (Phi) is 4.25. The first kappa shape index (κ1) is 13.4. The van der Waals surface area contributed by atoms with Gasteiger partial charge >= 0.3 is 0 Å². The molecule has 0 heterocycles. The maximum Gasteiger partial charge on any atom is 0.125 e. The van der Waals surface area contributed by atoms with Gasteiger partial charge in [-0.2, -0.15) is 0 Å². The van der Waals surface area contributed by atoms with Gasteiger partial charge < -0.3 is 5.32 Å². The zero-order valence-electron chi connectivity index (χ0n) is 9.81. The number of benzene rings is 2. The maximum absolute atomic E-state index is 13.1. The van der Waals surface area contributed by atoms with Crippen molar-refractivity contribution in [2.45, 2.75) is 13.5 Å². The molecule has 94 valence electrons. The number of anilines is 1. The van der Waals surface area contributed by atoms with Crippen molar-refractivity contribution in [2.75, 3.05) is 5.32 Å². The predicted molar refractivity (Wildman–Crippen MR) is 77.6 cm³/mol. The van der Waals surface area contributed by atoms with Crippen LogP contribution in [0, 0.1) is 12.7 Å². The molecule has 0 saturated heterocycles. The number of aryl methyl sites for hydroxylation is 1. The average Bonchev–Trinajstić information content (AvgIpc) is 2.32. The molecule has 0 aromatic heterocycles.